The smallest absolute Gasteiger partial charge is 0.278 e. The van der Waals surface area contributed by atoms with Crippen molar-refractivity contribution in [2.45, 2.75) is 11.8 Å². The number of halogens is 3. The monoisotopic (exact) mass is 466 g/mol. The van der Waals surface area contributed by atoms with E-state index in [4.69, 9.17) is 27.9 Å². The summed E-state index contributed by atoms with van der Waals surface area (Å²) in [5.74, 6) is 0.198. The average molecular weight is 468 g/mol. The van der Waals surface area contributed by atoms with Gasteiger partial charge < -0.3 is 9.84 Å². The van der Waals surface area contributed by atoms with E-state index in [1.54, 1.807) is 13.0 Å². The number of rotatable bonds is 6. The molecule has 10 heteroatoms. The fourth-order valence-corrected chi connectivity index (χ4v) is 3.85. The number of hydrazone groups is 1. The Morgan fingerprint density at radius 2 is 2.04 bits per heavy atom. The Labute approximate surface area is 163 Å². The second kappa shape index (κ2) is 8.27. The maximum atomic E-state index is 12.2. The molecule has 0 atom stereocenters. The summed E-state index contributed by atoms with van der Waals surface area (Å²) in [4.78, 5) is 1.88. The van der Waals surface area contributed by atoms with Gasteiger partial charge in [-0.05, 0) is 58.7 Å². The lowest BCUT2D eigenvalue weighted by Gasteiger charge is -2.08. The Morgan fingerprint density at radius 3 is 2.72 bits per heavy atom. The van der Waals surface area contributed by atoms with Crippen LogP contribution in [0.2, 0.25) is 10.0 Å². The number of ether oxygens (including phenoxy) is 1. The number of sulfonamides is 1. The van der Waals surface area contributed by atoms with Crippen molar-refractivity contribution in [3.05, 3.63) is 50.4 Å². The van der Waals surface area contributed by atoms with E-state index in [0.29, 0.717) is 16.6 Å². The van der Waals surface area contributed by atoms with Crippen LogP contribution in [-0.4, -0.2) is 26.3 Å². The molecule has 0 radical (unpaired) electrons. The summed E-state index contributed by atoms with van der Waals surface area (Å²) < 4.78 is 30.2. The van der Waals surface area contributed by atoms with Crippen molar-refractivity contribution < 1.29 is 18.3 Å². The summed E-state index contributed by atoms with van der Waals surface area (Å²) in [5.41, 5.74) is 0.507. The third-order valence-electron chi connectivity index (χ3n) is 2.92. The highest BCUT2D eigenvalue weighted by Crippen LogP contribution is 2.35. The molecule has 2 rings (SSSR count). The van der Waals surface area contributed by atoms with Gasteiger partial charge in [0.1, 0.15) is 4.90 Å². The fraction of sp³-hybridized carbons (Fsp3) is 0.133. The van der Waals surface area contributed by atoms with Crippen LogP contribution in [0.1, 0.15) is 12.5 Å². The molecule has 0 bridgehead atoms. The van der Waals surface area contributed by atoms with Gasteiger partial charge in [0.2, 0.25) is 0 Å². The van der Waals surface area contributed by atoms with Gasteiger partial charge in [-0.15, -0.1) is 0 Å². The average Bonchev–Trinajstić information content (AvgIpc) is 2.54. The van der Waals surface area contributed by atoms with Gasteiger partial charge in [0.15, 0.2) is 11.5 Å². The van der Waals surface area contributed by atoms with Crippen LogP contribution in [0, 0.1) is 0 Å². The predicted octanol–water partition coefficient (Wildman–Crippen LogP) is 4.17. The van der Waals surface area contributed by atoms with Crippen LogP contribution in [0.3, 0.4) is 0 Å². The molecule has 2 aromatic rings. The molecule has 0 saturated heterocycles. The molecule has 0 aliphatic heterocycles. The Kier molecular flexibility index (Phi) is 6.56. The van der Waals surface area contributed by atoms with Crippen LogP contribution in [0.4, 0.5) is 0 Å². The molecule has 0 unspecified atom stereocenters. The Bertz CT molecular complexity index is 920. The lowest BCUT2D eigenvalue weighted by atomic mass is 10.2. The Morgan fingerprint density at radius 1 is 1.32 bits per heavy atom. The van der Waals surface area contributed by atoms with E-state index in [2.05, 4.69) is 25.9 Å². The first-order valence-corrected chi connectivity index (χ1v) is 9.93. The molecule has 0 aliphatic rings. The number of nitrogens with one attached hydrogen (secondary N) is 1. The standard InChI is InChI=1S/C15H13BrCl2N2O4S/c1-2-24-13-6-9(5-11(16)15(13)21)8-19-20-25(22,23)14-7-10(17)3-4-12(14)18/h3-8,20-21H,2H2,1H3/b19-8+. The second-order valence-electron chi connectivity index (χ2n) is 4.71. The third kappa shape index (κ3) is 5.01. The predicted molar refractivity (Wildman–Crippen MR) is 101 cm³/mol. The molecule has 0 fully saturated rings. The summed E-state index contributed by atoms with van der Waals surface area (Å²) >= 11 is 14.9. The number of hydrogen-bond donors (Lipinski definition) is 2. The van der Waals surface area contributed by atoms with Gasteiger partial charge in [-0.1, -0.05) is 23.2 Å². The van der Waals surface area contributed by atoms with Crippen LogP contribution in [0.15, 0.2) is 44.8 Å². The van der Waals surface area contributed by atoms with Gasteiger partial charge in [-0.25, -0.2) is 4.83 Å². The van der Waals surface area contributed by atoms with Crippen LogP contribution >= 0.6 is 39.1 Å². The van der Waals surface area contributed by atoms with Crippen molar-refractivity contribution in [2.75, 3.05) is 6.61 Å². The molecule has 0 saturated carbocycles. The van der Waals surface area contributed by atoms with Crippen molar-refractivity contribution in [3.8, 4) is 11.5 Å². The van der Waals surface area contributed by atoms with Crippen molar-refractivity contribution in [1.82, 2.24) is 4.83 Å². The second-order valence-corrected chi connectivity index (χ2v) is 8.04. The van der Waals surface area contributed by atoms with Gasteiger partial charge in [0.25, 0.3) is 10.0 Å². The molecular weight excluding hydrogens is 455 g/mol. The number of phenolic OH excluding ortho intramolecular Hbond substituents is 1. The molecule has 0 heterocycles. The van der Waals surface area contributed by atoms with E-state index in [1.807, 2.05) is 0 Å². The molecule has 6 nitrogen and oxygen atoms in total. The molecule has 25 heavy (non-hydrogen) atoms. The van der Waals surface area contributed by atoms with Crippen molar-refractivity contribution in [1.29, 1.82) is 0 Å². The quantitative estimate of drug-likeness (QED) is 0.492. The van der Waals surface area contributed by atoms with E-state index in [1.165, 1.54) is 30.5 Å². The lowest BCUT2D eigenvalue weighted by molar-refractivity contribution is 0.317. The number of hydrogen-bond acceptors (Lipinski definition) is 5. The zero-order valence-electron chi connectivity index (χ0n) is 12.8. The van der Waals surface area contributed by atoms with Crippen LogP contribution in [0.25, 0.3) is 0 Å². The SMILES string of the molecule is CCOc1cc(/C=N/NS(=O)(=O)c2cc(Cl)ccc2Cl)cc(Br)c1O. The Hall–Kier alpha value is -1.48. The lowest BCUT2D eigenvalue weighted by Crippen LogP contribution is -2.18. The highest BCUT2D eigenvalue weighted by Gasteiger charge is 2.17. The van der Waals surface area contributed by atoms with E-state index in [-0.39, 0.29) is 26.4 Å². The number of benzene rings is 2. The van der Waals surface area contributed by atoms with E-state index in [9.17, 15) is 13.5 Å². The third-order valence-corrected chi connectivity index (χ3v) is 5.46. The molecular formula is C15H13BrCl2N2O4S. The number of phenols is 1. The van der Waals surface area contributed by atoms with Crippen LogP contribution in [-0.2, 0) is 10.0 Å². The zero-order valence-corrected chi connectivity index (χ0v) is 16.7. The first kappa shape index (κ1) is 19.8. The van der Waals surface area contributed by atoms with Crippen LogP contribution < -0.4 is 9.57 Å². The number of aromatic hydroxyl groups is 1. The maximum absolute atomic E-state index is 12.2. The summed E-state index contributed by atoms with van der Waals surface area (Å²) in [5, 5.41) is 13.8. The molecule has 0 amide bonds. The fourth-order valence-electron chi connectivity index (χ4n) is 1.84. The van der Waals surface area contributed by atoms with Gasteiger partial charge in [-0.3, -0.25) is 0 Å². The van der Waals surface area contributed by atoms with E-state index in [0.717, 1.165) is 0 Å². The van der Waals surface area contributed by atoms with Crippen molar-refractivity contribution in [2.24, 2.45) is 5.10 Å². The topological polar surface area (TPSA) is 88.0 Å². The maximum Gasteiger partial charge on any atom is 0.278 e. The molecule has 0 spiro atoms. The van der Waals surface area contributed by atoms with Crippen LogP contribution in [0.5, 0.6) is 11.5 Å². The van der Waals surface area contributed by atoms with Gasteiger partial charge in [-0.2, -0.15) is 13.5 Å². The minimum atomic E-state index is -3.98. The van der Waals surface area contributed by atoms with Crippen molar-refractivity contribution in [3.63, 3.8) is 0 Å². The minimum absolute atomic E-state index is 0.0260. The molecule has 0 aliphatic carbocycles. The van der Waals surface area contributed by atoms with Gasteiger partial charge in [0, 0.05) is 5.02 Å². The summed E-state index contributed by atoms with van der Waals surface area (Å²) in [6, 6.07) is 7.17. The molecule has 0 aromatic heterocycles. The summed E-state index contributed by atoms with van der Waals surface area (Å²) in [7, 11) is -3.98. The number of nitrogens with zero attached hydrogens (tertiary/aromatic N) is 1. The normalized spacial score (nSPS) is 11.7. The Balaban J connectivity index is 2.24. The van der Waals surface area contributed by atoms with E-state index >= 15 is 0 Å². The zero-order chi connectivity index (χ0) is 18.6. The molecule has 2 N–H and O–H groups in total. The van der Waals surface area contributed by atoms with Gasteiger partial charge in [0.05, 0.1) is 22.3 Å². The first-order chi connectivity index (χ1) is 11.7. The van der Waals surface area contributed by atoms with E-state index < -0.39 is 10.0 Å². The molecule has 134 valence electrons. The highest BCUT2D eigenvalue weighted by atomic mass is 79.9. The molecule has 2 aromatic carbocycles. The minimum Gasteiger partial charge on any atom is -0.503 e. The van der Waals surface area contributed by atoms with Crippen molar-refractivity contribution >= 4 is 55.4 Å². The first-order valence-electron chi connectivity index (χ1n) is 6.90. The largest absolute Gasteiger partial charge is 0.503 e. The van der Waals surface area contributed by atoms with Gasteiger partial charge >= 0.3 is 0 Å². The summed E-state index contributed by atoms with van der Waals surface area (Å²) in [6.45, 7) is 2.14. The highest BCUT2D eigenvalue weighted by molar-refractivity contribution is 9.10. The summed E-state index contributed by atoms with van der Waals surface area (Å²) in [6.07, 6.45) is 1.27.